The number of rotatable bonds is 1. The molecule has 0 aliphatic rings. The number of nitrogen functional groups attached to an aromatic ring is 1. The van der Waals surface area contributed by atoms with Crippen LogP contribution in [0.1, 0.15) is 0 Å². The van der Waals surface area contributed by atoms with E-state index in [1.807, 2.05) is 30.3 Å². The quantitative estimate of drug-likeness (QED) is 0.716. The topological polar surface area (TPSA) is 56.2 Å². The molecule has 17 heavy (non-hydrogen) atoms. The highest BCUT2D eigenvalue weighted by Gasteiger charge is 2.06. The standard InChI is InChI=1S/C12H9ClN4/c13-9-3-1-8(2-4-9)10-7-12-15-6-5-11(14)17(12)16-10/h1-7H,14H2. The highest BCUT2D eigenvalue weighted by molar-refractivity contribution is 6.30. The molecule has 0 radical (unpaired) electrons. The van der Waals surface area contributed by atoms with Gasteiger partial charge >= 0.3 is 0 Å². The lowest BCUT2D eigenvalue weighted by atomic mass is 10.2. The van der Waals surface area contributed by atoms with Crippen molar-refractivity contribution in [3.63, 3.8) is 0 Å². The maximum atomic E-state index is 5.85. The molecule has 1 aromatic carbocycles. The number of hydrogen-bond acceptors (Lipinski definition) is 3. The third-order valence-electron chi connectivity index (χ3n) is 2.53. The van der Waals surface area contributed by atoms with Gasteiger partial charge in [0.05, 0.1) is 5.69 Å². The molecule has 2 N–H and O–H groups in total. The molecule has 0 saturated heterocycles. The minimum atomic E-state index is 0.565. The van der Waals surface area contributed by atoms with Gasteiger partial charge < -0.3 is 5.73 Å². The van der Waals surface area contributed by atoms with Gasteiger partial charge in [-0.3, -0.25) is 0 Å². The normalized spacial score (nSPS) is 10.9. The van der Waals surface area contributed by atoms with Crippen LogP contribution in [-0.4, -0.2) is 14.6 Å². The van der Waals surface area contributed by atoms with Gasteiger partial charge in [-0.25, -0.2) is 4.98 Å². The fourth-order valence-electron chi connectivity index (χ4n) is 1.68. The van der Waals surface area contributed by atoms with Gasteiger partial charge in [-0.15, -0.1) is 0 Å². The van der Waals surface area contributed by atoms with Crippen molar-refractivity contribution in [2.24, 2.45) is 0 Å². The van der Waals surface area contributed by atoms with Crippen molar-refractivity contribution in [1.29, 1.82) is 0 Å². The van der Waals surface area contributed by atoms with Gasteiger partial charge in [0.15, 0.2) is 5.65 Å². The summed E-state index contributed by atoms with van der Waals surface area (Å²) >= 11 is 5.85. The molecule has 0 bridgehead atoms. The van der Waals surface area contributed by atoms with Crippen molar-refractivity contribution < 1.29 is 0 Å². The Morgan fingerprint density at radius 2 is 1.88 bits per heavy atom. The third-order valence-corrected chi connectivity index (χ3v) is 2.78. The number of aromatic nitrogens is 3. The van der Waals surface area contributed by atoms with E-state index < -0.39 is 0 Å². The Kier molecular flexibility index (Phi) is 2.23. The van der Waals surface area contributed by atoms with Gasteiger partial charge in [0.25, 0.3) is 0 Å². The van der Waals surface area contributed by atoms with Crippen molar-refractivity contribution in [1.82, 2.24) is 14.6 Å². The lowest BCUT2D eigenvalue weighted by Gasteiger charge is -1.96. The van der Waals surface area contributed by atoms with Crippen LogP contribution in [0.2, 0.25) is 5.02 Å². The minimum absolute atomic E-state index is 0.565. The fraction of sp³-hybridized carbons (Fsp3) is 0. The van der Waals surface area contributed by atoms with E-state index >= 15 is 0 Å². The molecule has 0 fully saturated rings. The number of anilines is 1. The van der Waals surface area contributed by atoms with Crippen LogP contribution in [0, 0.1) is 0 Å². The highest BCUT2D eigenvalue weighted by atomic mass is 35.5. The Balaban J connectivity index is 2.18. The summed E-state index contributed by atoms with van der Waals surface area (Å²) in [6.45, 7) is 0. The van der Waals surface area contributed by atoms with Crippen molar-refractivity contribution in [2.75, 3.05) is 5.73 Å². The molecular weight excluding hydrogens is 236 g/mol. The zero-order valence-electron chi connectivity index (χ0n) is 8.84. The van der Waals surface area contributed by atoms with E-state index in [0.29, 0.717) is 10.8 Å². The largest absolute Gasteiger partial charge is 0.384 e. The first-order valence-electron chi connectivity index (χ1n) is 5.10. The van der Waals surface area contributed by atoms with Crippen LogP contribution in [0.15, 0.2) is 42.6 Å². The van der Waals surface area contributed by atoms with Crippen LogP contribution in [0.5, 0.6) is 0 Å². The molecule has 3 rings (SSSR count). The van der Waals surface area contributed by atoms with Crippen LogP contribution in [-0.2, 0) is 0 Å². The summed E-state index contributed by atoms with van der Waals surface area (Å²) in [5, 5.41) is 5.10. The Hall–Kier alpha value is -2.07. The van der Waals surface area contributed by atoms with E-state index in [0.717, 1.165) is 16.9 Å². The molecule has 0 amide bonds. The Bertz CT molecular complexity index is 673. The number of nitrogens with zero attached hydrogens (tertiary/aromatic N) is 3. The molecule has 0 atom stereocenters. The average molecular weight is 245 g/mol. The van der Waals surface area contributed by atoms with Crippen molar-refractivity contribution in [3.8, 4) is 11.3 Å². The SMILES string of the molecule is Nc1ccnc2cc(-c3ccc(Cl)cc3)nn12. The third kappa shape index (κ3) is 1.72. The zero-order chi connectivity index (χ0) is 11.8. The van der Waals surface area contributed by atoms with Gasteiger partial charge in [-0.05, 0) is 18.2 Å². The molecule has 0 aliphatic carbocycles. The van der Waals surface area contributed by atoms with E-state index in [-0.39, 0.29) is 0 Å². The van der Waals surface area contributed by atoms with E-state index in [9.17, 15) is 0 Å². The van der Waals surface area contributed by atoms with Crippen LogP contribution in [0.4, 0.5) is 5.82 Å². The highest BCUT2D eigenvalue weighted by Crippen LogP contribution is 2.21. The Morgan fingerprint density at radius 1 is 1.12 bits per heavy atom. The molecular formula is C12H9ClN4. The summed E-state index contributed by atoms with van der Waals surface area (Å²) in [5.41, 5.74) is 8.35. The van der Waals surface area contributed by atoms with Gasteiger partial charge in [0.2, 0.25) is 0 Å². The van der Waals surface area contributed by atoms with Crippen LogP contribution in [0.25, 0.3) is 16.9 Å². The average Bonchev–Trinajstić information content (AvgIpc) is 2.75. The first-order chi connectivity index (χ1) is 8.24. The Morgan fingerprint density at radius 3 is 2.59 bits per heavy atom. The molecule has 0 spiro atoms. The fourth-order valence-corrected chi connectivity index (χ4v) is 1.80. The second-order valence-electron chi connectivity index (χ2n) is 3.68. The van der Waals surface area contributed by atoms with Crippen molar-refractivity contribution in [3.05, 3.63) is 47.6 Å². The lowest BCUT2D eigenvalue weighted by molar-refractivity contribution is 0.956. The molecule has 0 saturated carbocycles. The Labute approximate surface area is 103 Å². The van der Waals surface area contributed by atoms with Crippen molar-refractivity contribution in [2.45, 2.75) is 0 Å². The summed E-state index contributed by atoms with van der Waals surface area (Å²) < 4.78 is 1.62. The van der Waals surface area contributed by atoms with E-state index in [4.69, 9.17) is 17.3 Å². The van der Waals surface area contributed by atoms with E-state index in [2.05, 4.69) is 10.1 Å². The summed E-state index contributed by atoms with van der Waals surface area (Å²) in [4.78, 5) is 4.20. The summed E-state index contributed by atoms with van der Waals surface area (Å²) in [6.07, 6.45) is 1.66. The molecule has 2 heterocycles. The summed E-state index contributed by atoms with van der Waals surface area (Å²) in [5.74, 6) is 0.565. The zero-order valence-corrected chi connectivity index (χ0v) is 9.59. The molecule has 0 aliphatic heterocycles. The van der Waals surface area contributed by atoms with Gasteiger partial charge in [-0.1, -0.05) is 23.7 Å². The predicted octanol–water partition coefficient (Wildman–Crippen LogP) is 2.63. The molecule has 5 heteroatoms. The minimum Gasteiger partial charge on any atom is -0.384 e. The van der Waals surface area contributed by atoms with Gasteiger partial charge in [0, 0.05) is 22.8 Å². The van der Waals surface area contributed by atoms with Crippen LogP contribution in [0.3, 0.4) is 0 Å². The number of fused-ring (bicyclic) bond motifs is 1. The monoisotopic (exact) mass is 244 g/mol. The molecule has 84 valence electrons. The smallest absolute Gasteiger partial charge is 0.157 e. The first kappa shape index (κ1) is 10.1. The van der Waals surface area contributed by atoms with Crippen LogP contribution < -0.4 is 5.73 Å². The second-order valence-corrected chi connectivity index (χ2v) is 4.11. The van der Waals surface area contributed by atoms with E-state index in [1.165, 1.54) is 0 Å². The molecule has 0 unspecified atom stereocenters. The maximum absolute atomic E-state index is 5.85. The van der Waals surface area contributed by atoms with E-state index in [1.54, 1.807) is 16.8 Å². The predicted molar refractivity (Wildman–Crippen MR) is 67.8 cm³/mol. The van der Waals surface area contributed by atoms with Crippen molar-refractivity contribution >= 4 is 23.1 Å². The van der Waals surface area contributed by atoms with Gasteiger partial charge in [0.1, 0.15) is 5.82 Å². The summed E-state index contributed by atoms with van der Waals surface area (Å²) in [7, 11) is 0. The lowest BCUT2D eigenvalue weighted by Crippen LogP contribution is -1.98. The molecule has 2 aromatic heterocycles. The number of halogens is 1. The van der Waals surface area contributed by atoms with Gasteiger partial charge in [-0.2, -0.15) is 9.61 Å². The second kappa shape index (κ2) is 3.75. The molecule has 3 aromatic rings. The van der Waals surface area contributed by atoms with Crippen LogP contribution >= 0.6 is 11.6 Å². The number of nitrogens with two attached hydrogens (primary N) is 1. The first-order valence-corrected chi connectivity index (χ1v) is 5.48. The number of hydrogen-bond donors (Lipinski definition) is 1. The molecule has 4 nitrogen and oxygen atoms in total. The maximum Gasteiger partial charge on any atom is 0.157 e. The number of benzene rings is 1. The summed E-state index contributed by atoms with van der Waals surface area (Å²) in [6, 6.07) is 11.1.